The van der Waals surface area contributed by atoms with Crippen molar-refractivity contribution in [1.82, 2.24) is 9.71 Å². The lowest BCUT2D eigenvalue weighted by Gasteiger charge is -2.30. The van der Waals surface area contributed by atoms with Gasteiger partial charge >= 0.3 is 0 Å². The molecule has 6 heteroatoms. The van der Waals surface area contributed by atoms with Crippen molar-refractivity contribution in [1.29, 1.82) is 0 Å². The number of nitrogens with one attached hydrogen (secondary N) is 1. The molecule has 0 amide bonds. The summed E-state index contributed by atoms with van der Waals surface area (Å²) in [6.07, 6.45) is 7.43. The molecule has 1 aliphatic rings. The van der Waals surface area contributed by atoms with Crippen LogP contribution in [-0.2, 0) is 10.0 Å². The van der Waals surface area contributed by atoms with E-state index in [-0.39, 0.29) is 4.90 Å². The Kier molecular flexibility index (Phi) is 5.19. The van der Waals surface area contributed by atoms with E-state index in [0.29, 0.717) is 24.3 Å². The molecule has 2 atom stereocenters. The molecule has 1 saturated carbocycles. The standard InChI is InChI=1S/C13H19ClN2O2S/c14-8-11-4-1-2-5-12(11)9-16-19(17,18)13-6-3-7-15-10-13/h3,6-7,10-12,16H,1-2,4-5,8-9H2. The average Bonchev–Trinajstić information content (AvgIpc) is 2.46. The van der Waals surface area contributed by atoms with Crippen molar-refractivity contribution in [2.75, 3.05) is 12.4 Å². The summed E-state index contributed by atoms with van der Waals surface area (Å²) < 4.78 is 26.9. The predicted molar refractivity (Wildman–Crippen MR) is 75.6 cm³/mol. The molecule has 1 N–H and O–H groups in total. The van der Waals surface area contributed by atoms with E-state index in [1.165, 1.54) is 12.6 Å². The first-order valence-electron chi connectivity index (χ1n) is 6.59. The monoisotopic (exact) mass is 302 g/mol. The average molecular weight is 303 g/mol. The maximum Gasteiger partial charge on any atom is 0.242 e. The summed E-state index contributed by atoms with van der Waals surface area (Å²) in [5.74, 6) is 1.38. The lowest BCUT2D eigenvalue weighted by atomic mass is 9.80. The smallest absolute Gasteiger partial charge is 0.242 e. The van der Waals surface area contributed by atoms with Crippen molar-refractivity contribution in [3.05, 3.63) is 24.5 Å². The van der Waals surface area contributed by atoms with Gasteiger partial charge in [0.2, 0.25) is 10.0 Å². The van der Waals surface area contributed by atoms with Gasteiger partial charge in [0.15, 0.2) is 0 Å². The van der Waals surface area contributed by atoms with Crippen LogP contribution in [0.4, 0.5) is 0 Å². The van der Waals surface area contributed by atoms with E-state index in [2.05, 4.69) is 9.71 Å². The van der Waals surface area contributed by atoms with Crippen LogP contribution in [0.2, 0.25) is 0 Å². The molecule has 1 fully saturated rings. The van der Waals surface area contributed by atoms with Gasteiger partial charge in [-0.3, -0.25) is 4.98 Å². The number of pyridine rings is 1. The van der Waals surface area contributed by atoms with E-state index in [1.807, 2.05) is 0 Å². The summed E-state index contributed by atoms with van der Waals surface area (Å²) in [6.45, 7) is 0.467. The number of alkyl halides is 1. The van der Waals surface area contributed by atoms with Gasteiger partial charge in [0.25, 0.3) is 0 Å². The highest BCUT2D eigenvalue weighted by Crippen LogP contribution is 2.30. The number of aromatic nitrogens is 1. The number of nitrogens with zero attached hydrogens (tertiary/aromatic N) is 1. The van der Waals surface area contributed by atoms with E-state index in [1.54, 1.807) is 18.3 Å². The molecule has 0 bridgehead atoms. The zero-order valence-electron chi connectivity index (χ0n) is 10.8. The fourth-order valence-electron chi connectivity index (χ4n) is 2.56. The summed E-state index contributed by atoms with van der Waals surface area (Å²) in [5.41, 5.74) is 0. The van der Waals surface area contributed by atoms with Gasteiger partial charge in [-0.15, -0.1) is 11.6 Å². The molecule has 2 rings (SSSR count). The zero-order chi connectivity index (χ0) is 13.7. The lowest BCUT2D eigenvalue weighted by Crippen LogP contribution is -2.34. The molecule has 1 aromatic heterocycles. The second-order valence-corrected chi connectivity index (χ2v) is 7.08. The minimum absolute atomic E-state index is 0.216. The Labute approximate surface area is 119 Å². The normalized spacial score (nSPS) is 24.3. The summed E-state index contributed by atoms with van der Waals surface area (Å²) in [5, 5.41) is 0. The lowest BCUT2D eigenvalue weighted by molar-refractivity contribution is 0.260. The molecule has 0 spiro atoms. The van der Waals surface area contributed by atoms with Crippen LogP contribution in [0.3, 0.4) is 0 Å². The number of hydrogen-bond acceptors (Lipinski definition) is 3. The molecule has 1 aliphatic carbocycles. The van der Waals surface area contributed by atoms with Gasteiger partial charge in [0.1, 0.15) is 4.90 Å². The quantitative estimate of drug-likeness (QED) is 0.850. The molecule has 0 radical (unpaired) electrons. The third-order valence-electron chi connectivity index (χ3n) is 3.74. The van der Waals surface area contributed by atoms with E-state index in [9.17, 15) is 8.42 Å². The van der Waals surface area contributed by atoms with Crippen LogP contribution in [0.5, 0.6) is 0 Å². The van der Waals surface area contributed by atoms with Crippen molar-refractivity contribution in [2.45, 2.75) is 30.6 Å². The van der Waals surface area contributed by atoms with Crippen LogP contribution >= 0.6 is 11.6 Å². The Morgan fingerprint density at radius 2 is 2.05 bits per heavy atom. The second-order valence-electron chi connectivity index (χ2n) is 5.00. The maximum atomic E-state index is 12.1. The van der Waals surface area contributed by atoms with Crippen molar-refractivity contribution in [3.8, 4) is 0 Å². The van der Waals surface area contributed by atoms with Crippen LogP contribution in [0, 0.1) is 11.8 Å². The third-order valence-corrected chi connectivity index (χ3v) is 5.55. The van der Waals surface area contributed by atoms with Crippen LogP contribution in [-0.4, -0.2) is 25.8 Å². The minimum atomic E-state index is -3.45. The highest BCUT2D eigenvalue weighted by Gasteiger charge is 2.26. The number of sulfonamides is 1. The fourth-order valence-corrected chi connectivity index (χ4v) is 4.03. The van der Waals surface area contributed by atoms with E-state index in [0.717, 1.165) is 19.3 Å². The first kappa shape index (κ1) is 14.8. The summed E-state index contributed by atoms with van der Waals surface area (Å²) in [7, 11) is -3.45. The first-order valence-corrected chi connectivity index (χ1v) is 8.61. The van der Waals surface area contributed by atoms with Gasteiger partial charge in [-0.05, 0) is 36.8 Å². The number of rotatable bonds is 5. The molecule has 4 nitrogen and oxygen atoms in total. The molecule has 1 heterocycles. The van der Waals surface area contributed by atoms with Crippen LogP contribution in [0.25, 0.3) is 0 Å². The van der Waals surface area contributed by atoms with Gasteiger partial charge in [-0.25, -0.2) is 13.1 Å². The van der Waals surface area contributed by atoms with E-state index >= 15 is 0 Å². The molecule has 19 heavy (non-hydrogen) atoms. The molecular formula is C13H19ClN2O2S. The highest BCUT2D eigenvalue weighted by molar-refractivity contribution is 7.89. The Morgan fingerprint density at radius 3 is 2.68 bits per heavy atom. The largest absolute Gasteiger partial charge is 0.263 e. The highest BCUT2D eigenvalue weighted by atomic mass is 35.5. The van der Waals surface area contributed by atoms with Crippen LogP contribution < -0.4 is 4.72 Å². The Morgan fingerprint density at radius 1 is 1.32 bits per heavy atom. The molecule has 0 aromatic carbocycles. The molecular weight excluding hydrogens is 284 g/mol. The maximum absolute atomic E-state index is 12.1. The van der Waals surface area contributed by atoms with E-state index < -0.39 is 10.0 Å². The van der Waals surface area contributed by atoms with Crippen molar-refractivity contribution in [2.24, 2.45) is 11.8 Å². The van der Waals surface area contributed by atoms with Crippen molar-refractivity contribution in [3.63, 3.8) is 0 Å². The Hall–Kier alpha value is -0.650. The Balaban J connectivity index is 1.98. The van der Waals surface area contributed by atoms with Crippen molar-refractivity contribution >= 4 is 21.6 Å². The summed E-state index contributed by atoms with van der Waals surface area (Å²) in [4.78, 5) is 4.05. The second kappa shape index (κ2) is 6.68. The van der Waals surface area contributed by atoms with Gasteiger partial charge in [-0.2, -0.15) is 0 Å². The van der Waals surface area contributed by atoms with Gasteiger partial charge in [0, 0.05) is 24.8 Å². The Bertz CT molecular complexity index is 493. The first-order chi connectivity index (χ1) is 9.13. The van der Waals surface area contributed by atoms with Crippen LogP contribution in [0.1, 0.15) is 25.7 Å². The SMILES string of the molecule is O=S(=O)(NCC1CCCCC1CCl)c1cccnc1. The van der Waals surface area contributed by atoms with E-state index in [4.69, 9.17) is 11.6 Å². The summed E-state index contributed by atoms with van der Waals surface area (Å²) in [6, 6.07) is 3.17. The zero-order valence-corrected chi connectivity index (χ0v) is 12.3. The topological polar surface area (TPSA) is 59.1 Å². The predicted octanol–water partition coefficient (Wildman–Crippen LogP) is 2.41. The molecule has 1 aromatic rings. The third kappa shape index (κ3) is 3.91. The molecule has 0 saturated heterocycles. The summed E-state index contributed by atoms with van der Waals surface area (Å²) >= 11 is 5.95. The van der Waals surface area contributed by atoms with Gasteiger partial charge < -0.3 is 0 Å². The minimum Gasteiger partial charge on any atom is -0.263 e. The fraction of sp³-hybridized carbons (Fsp3) is 0.615. The van der Waals surface area contributed by atoms with Gasteiger partial charge in [-0.1, -0.05) is 12.8 Å². The van der Waals surface area contributed by atoms with Crippen molar-refractivity contribution < 1.29 is 8.42 Å². The molecule has 2 unspecified atom stereocenters. The number of hydrogen-bond donors (Lipinski definition) is 1. The molecule has 106 valence electrons. The van der Waals surface area contributed by atoms with Crippen LogP contribution in [0.15, 0.2) is 29.4 Å². The molecule has 0 aliphatic heterocycles. The van der Waals surface area contributed by atoms with Gasteiger partial charge in [0.05, 0.1) is 0 Å². The number of halogens is 1.